The van der Waals surface area contributed by atoms with Crippen LogP contribution in [0.4, 0.5) is 18.0 Å². The molecule has 0 aromatic rings. The molecule has 0 aliphatic heterocycles. The van der Waals surface area contributed by atoms with Gasteiger partial charge in [-0.15, -0.1) is 0 Å². The molecule has 1 rings (SSSR count). The summed E-state index contributed by atoms with van der Waals surface area (Å²) in [7, 11) is 0. The Labute approximate surface area is 97.6 Å². The summed E-state index contributed by atoms with van der Waals surface area (Å²) in [6.07, 6.45) is -1.69. The lowest BCUT2D eigenvalue weighted by Crippen LogP contribution is -2.42. The first-order chi connectivity index (χ1) is 7.87. The maximum atomic E-state index is 11.8. The molecule has 0 bridgehead atoms. The Bertz CT molecular complexity index is 250. The monoisotopic (exact) mass is 254 g/mol. The van der Waals surface area contributed by atoms with E-state index in [4.69, 9.17) is 0 Å². The van der Waals surface area contributed by atoms with Gasteiger partial charge in [0.05, 0.1) is 6.10 Å². The fraction of sp³-hybridized carbons (Fsp3) is 0.900. The van der Waals surface area contributed by atoms with Gasteiger partial charge in [0.15, 0.2) is 0 Å². The van der Waals surface area contributed by atoms with Crippen LogP contribution in [0.25, 0.3) is 0 Å². The maximum Gasteiger partial charge on any atom is 0.405 e. The zero-order chi connectivity index (χ0) is 12.9. The van der Waals surface area contributed by atoms with E-state index in [1.165, 1.54) is 0 Å². The molecular weight excluding hydrogens is 237 g/mol. The second kappa shape index (κ2) is 6.09. The summed E-state index contributed by atoms with van der Waals surface area (Å²) in [5.41, 5.74) is 0. The van der Waals surface area contributed by atoms with Gasteiger partial charge in [-0.25, -0.2) is 4.79 Å². The Hall–Kier alpha value is -0.980. The predicted molar refractivity (Wildman–Crippen MR) is 55.4 cm³/mol. The van der Waals surface area contributed by atoms with Crippen molar-refractivity contribution in [2.24, 2.45) is 5.92 Å². The van der Waals surface area contributed by atoms with Crippen molar-refractivity contribution in [2.75, 3.05) is 13.1 Å². The molecule has 0 heterocycles. The van der Waals surface area contributed by atoms with Gasteiger partial charge in [0.2, 0.25) is 0 Å². The molecule has 0 aromatic carbocycles. The number of halogens is 3. The van der Waals surface area contributed by atoms with Gasteiger partial charge in [0.1, 0.15) is 6.54 Å². The number of urea groups is 1. The Kier molecular flexibility index (Phi) is 5.04. The standard InChI is InChI=1S/C10H17F3N2O2/c11-10(12,13)6-15-9(17)14-5-7-1-3-8(16)4-2-7/h7-8,16H,1-6H2,(H2,14,15,17). The molecule has 17 heavy (non-hydrogen) atoms. The van der Waals surface area contributed by atoms with Gasteiger partial charge < -0.3 is 15.7 Å². The first-order valence-electron chi connectivity index (χ1n) is 5.63. The lowest BCUT2D eigenvalue weighted by atomic mass is 9.87. The molecule has 0 atom stereocenters. The van der Waals surface area contributed by atoms with Crippen molar-refractivity contribution in [3.63, 3.8) is 0 Å². The van der Waals surface area contributed by atoms with Crippen LogP contribution in [0.5, 0.6) is 0 Å². The lowest BCUT2D eigenvalue weighted by molar-refractivity contribution is -0.122. The molecule has 2 amide bonds. The molecule has 0 spiro atoms. The third-order valence-electron chi connectivity index (χ3n) is 2.82. The van der Waals surface area contributed by atoms with Crippen LogP contribution in [0.1, 0.15) is 25.7 Å². The molecule has 0 radical (unpaired) electrons. The summed E-state index contributed by atoms with van der Waals surface area (Å²) in [4.78, 5) is 11.0. The first kappa shape index (κ1) is 14.1. The zero-order valence-corrected chi connectivity index (χ0v) is 9.39. The van der Waals surface area contributed by atoms with Crippen molar-refractivity contribution in [1.29, 1.82) is 0 Å². The molecule has 0 saturated heterocycles. The van der Waals surface area contributed by atoms with Gasteiger partial charge in [0.25, 0.3) is 0 Å². The highest BCUT2D eigenvalue weighted by Gasteiger charge is 2.27. The number of nitrogens with one attached hydrogen (secondary N) is 2. The van der Waals surface area contributed by atoms with E-state index in [1.807, 2.05) is 0 Å². The van der Waals surface area contributed by atoms with Crippen molar-refractivity contribution >= 4 is 6.03 Å². The second-order valence-electron chi connectivity index (χ2n) is 4.35. The molecule has 1 saturated carbocycles. The predicted octanol–water partition coefficient (Wildman–Crippen LogP) is 1.40. The third-order valence-corrected chi connectivity index (χ3v) is 2.82. The molecule has 1 aliphatic carbocycles. The second-order valence-corrected chi connectivity index (χ2v) is 4.35. The van der Waals surface area contributed by atoms with Gasteiger partial charge in [0, 0.05) is 6.54 Å². The zero-order valence-electron chi connectivity index (χ0n) is 9.39. The SMILES string of the molecule is O=C(NCC1CCC(O)CC1)NCC(F)(F)F. The molecule has 0 unspecified atom stereocenters. The smallest absolute Gasteiger partial charge is 0.393 e. The summed E-state index contributed by atoms with van der Waals surface area (Å²) >= 11 is 0. The third kappa shape index (κ3) is 6.35. The molecule has 3 N–H and O–H groups in total. The van der Waals surface area contributed by atoms with Crippen molar-refractivity contribution in [3.05, 3.63) is 0 Å². The Morgan fingerprint density at radius 1 is 1.18 bits per heavy atom. The molecule has 1 aliphatic rings. The van der Waals surface area contributed by atoms with Gasteiger partial charge in [-0.3, -0.25) is 0 Å². The van der Waals surface area contributed by atoms with Crippen molar-refractivity contribution in [1.82, 2.24) is 10.6 Å². The summed E-state index contributed by atoms with van der Waals surface area (Å²) < 4.78 is 35.4. The van der Waals surface area contributed by atoms with Crippen LogP contribution in [0, 0.1) is 5.92 Å². The van der Waals surface area contributed by atoms with Crippen LogP contribution in [-0.4, -0.2) is 36.5 Å². The first-order valence-corrected chi connectivity index (χ1v) is 5.63. The van der Waals surface area contributed by atoms with Crippen LogP contribution >= 0.6 is 0 Å². The van der Waals surface area contributed by atoms with Crippen LogP contribution < -0.4 is 10.6 Å². The fourth-order valence-corrected chi connectivity index (χ4v) is 1.83. The van der Waals surface area contributed by atoms with Gasteiger partial charge in [-0.05, 0) is 31.6 Å². The van der Waals surface area contributed by atoms with Gasteiger partial charge >= 0.3 is 12.2 Å². The largest absolute Gasteiger partial charge is 0.405 e. The van der Waals surface area contributed by atoms with Gasteiger partial charge in [-0.1, -0.05) is 0 Å². The molecule has 7 heteroatoms. The summed E-state index contributed by atoms with van der Waals surface area (Å²) in [6, 6.07) is -0.798. The van der Waals surface area contributed by atoms with Crippen LogP contribution in [0.2, 0.25) is 0 Å². The highest BCUT2D eigenvalue weighted by molar-refractivity contribution is 5.73. The average molecular weight is 254 g/mol. The van der Waals surface area contributed by atoms with E-state index in [1.54, 1.807) is 5.32 Å². The molecule has 0 aromatic heterocycles. The molecule has 4 nitrogen and oxygen atoms in total. The molecular formula is C10H17F3N2O2. The summed E-state index contributed by atoms with van der Waals surface area (Å²) in [6.45, 7) is -0.960. The number of hydrogen-bond donors (Lipinski definition) is 3. The van der Waals surface area contributed by atoms with E-state index in [9.17, 15) is 23.1 Å². The van der Waals surface area contributed by atoms with E-state index in [0.29, 0.717) is 19.4 Å². The summed E-state index contributed by atoms with van der Waals surface area (Å²) in [5, 5.41) is 13.4. The van der Waals surface area contributed by atoms with Crippen LogP contribution in [-0.2, 0) is 0 Å². The van der Waals surface area contributed by atoms with E-state index in [0.717, 1.165) is 12.8 Å². The number of hydrogen-bond acceptors (Lipinski definition) is 2. The normalized spacial score (nSPS) is 25.4. The van der Waals surface area contributed by atoms with Crippen molar-refractivity contribution < 1.29 is 23.1 Å². The number of rotatable bonds is 3. The number of carbonyl (C=O) groups excluding carboxylic acids is 1. The Morgan fingerprint density at radius 2 is 1.76 bits per heavy atom. The molecule has 100 valence electrons. The number of carbonyl (C=O) groups is 1. The van der Waals surface area contributed by atoms with E-state index in [2.05, 4.69) is 5.32 Å². The average Bonchev–Trinajstić information content (AvgIpc) is 2.25. The fourth-order valence-electron chi connectivity index (χ4n) is 1.83. The topological polar surface area (TPSA) is 61.4 Å². The minimum atomic E-state index is -4.38. The van der Waals surface area contributed by atoms with E-state index in [-0.39, 0.29) is 12.0 Å². The van der Waals surface area contributed by atoms with Crippen molar-refractivity contribution in [2.45, 2.75) is 38.0 Å². The highest BCUT2D eigenvalue weighted by atomic mass is 19.4. The van der Waals surface area contributed by atoms with E-state index < -0.39 is 18.8 Å². The quantitative estimate of drug-likeness (QED) is 0.713. The Balaban J connectivity index is 2.11. The summed E-state index contributed by atoms with van der Waals surface area (Å²) in [5.74, 6) is 0.245. The minimum absolute atomic E-state index is 0.245. The number of aliphatic hydroxyl groups excluding tert-OH is 1. The van der Waals surface area contributed by atoms with Crippen molar-refractivity contribution in [3.8, 4) is 0 Å². The Morgan fingerprint density at radius 3 is 2.29 bits per heavy atom. The van der Waals surface area contributed by atoms with Gasteiger partial charge in [-0.2, -0.15) is 13.2 Å². The highest BCUT2D eigenvalue weighted by Crippen LogP contribution is 2.23. The maximum absolute atomic E-state index is 11.8. The lowest BCUT2D eigenvalue weighted by Gasteiger charge is -2.25. The molecule has 1 fully saturated rings. The number of aliphatic hydroxyl groups is 1. The number of amides is 2. The van der Waals surface area contributed by atoms with Crippen LogP contribution in [0.15, 0.2) is 0 Å². The van der Waals surface area contributed by atoms with E-state index >= 15 is 0 Å². The number of alkyl halides is 3. The minimum Gasteiger partial charge on any atom is -0.393 e. The van der Waals surface area contributed by atoms with Crippen LogP contribution in [0.3, 0.4) is 0 Å².